The van der Waals surface area contributed by atoms with Gasteiger partial charge < -0.3 is 10.1 Å². The van der Waals surface area contributed by atoms with E-state index in [-0.39, 0.29) is 10.6 Å². The Labute approximate surface area is 165 Å². The molecule has 28 heavy (non-hydrogen) atoms. The van der Waals surface area contributed by atoms with Gasteiger partial charge in [-0.3, -0.25) is 4.72 Å². The number of hydrogen-bond donors (Lipinski definition) is 2. The number of aromatic nitrogens is 1. The molecule has 2 aromatic rings. The monoisotopic (exact) mass is 399 g/mol. The summed E-state index contributed by atoms with van der Waals surface area (Å²) in [4.78, 5) is 28.1. The number of amides is 2. The van der Waals surface area contributed by atoms with E-state index < -0.39 is 23.0 Å². The summed E-state index contributed by atoms with van der Waals surface area (Å²) in [7, 11) is -0.628. The molecule has 0 bridgehead atoms. The number of fused-ring (bicyclic) bond motifs is 2. The number of methoxy groups -OCH3 is 1. The van der Waals surface area contributed by atoms with E-state index in [9.17, 15) is 13.8 Å². The van der Waals surface area contributed by atoms with Crippen molar-refractivity contribution < 1.29 is 18.5 Å². The number of nitrogens with one attached hydrogen (secondary N) is 2. The highest BCUT2D eigenvalue weighted by atomic mass is 32.2. The van der Waals surface area contributed by atoms with Crippen molar-refractivity contribution >= 4 is 28.7 Å². The number of pyridine rings is 1. The van der Waals surface area contributed by atoms with Crippen LogP contribution in [-0.4, -0.2) is 28.3 Å². The number of esters is 1. The normalized spacial score (nSPS) is 15.5. The zero-order valence-electron chi connectivity index (χ0n) is 15.5. The molecule has 8 heteroatoms. The summed E-state index contributed by atoms with van der Waals surface area (Å²) in [5, 5.41) is 3.01. The van der Waals surface area contributed by atoms with Crippen LogP contribution in [-0.2, 0) is 41.4 Å². The second-order valence-corrected chi connectivity index (χ2v) is 8.09. The van der Waals surface area contributed by atoms with Gasteiger partial charge in [-0.25, -0.2) is 18.8 Å². The van der Waals surface area contributed by atoms with Crippen molar-refractivity contribution in [2.24, 2.45) is 0 Å². The van der Waals surface area contributed by atoms with Crippen LogP contribution in [0, 0.1) is 0 Å². The van der Waals surface area contributed by atoms with Gasteiger partial charge in [0.1, 0.15) is 5.03 Å². The maximum Gasteiger partial charge on any atom is 0.338 e. The first-order chi connectivity index (χ1) is 13.6. The van der Waals surface area contributed by atoms with Gasteiger partial charge in [-0.05, 0) is 72.9 Å². The highest BCUT2D eigenvalue weighted by Crippen LogP contribution is 2.38. The summed E-state index contributed by atoms with van der Waals surface area (Å²) in [6, 6.07) is 4.55. The molecule has 0 saturated carbocycles. The average molecular weight is 399 g/mol. The number of anilines is 1. The third kappa shape index (κ3) is 3.52. The Morgan fingerprint density at radius 1 is 1.07 bits per heavy atom. The standard InChI is InChI=1S/C20H21N3O4S/c1-27-19(24)14-8-9-21-17(11-14)28(26)23-20(25)22-18-15-6-2-4-12(15)10-13-5-3-7-16(13)18/h8-11H,2-7H2,1H3,(H2,22,23,25). The highest BCUT2D eigenvalue weighted by molar-refractivity contribution is 7.83. The molecule has 1 unspecified atom stereocenters. The van der Waals surface area contributed by atoms with Crippen LogP contribution in [0.25, 0.3) is 0 Å². The van der Waals surface area contributed by atoms with Crippen LogP contribution in [0.3, 0.4) is 0 Å². The minimum absolute atomic E-state index is 0.0848. The summed E-state index contributed by atoms with van der Waals surface area (Å²) < 4.78 is 19.6. The predicted molar refractivity (Wildman–Crippen MR) is 105 cm³/mol. The molecule has 0 radical (unpaired) electrons. The molecule has 1 aromatic heterocycles. The van der Waals surface area contributed by atoms with Gasteiger partial charge in [-0.2, -0.15) is 0 Å². The SMILES string of the molecule is COC(=O)c1ccnc(S(=O)NC(=O)Nc2c3c(cc4c2CCC4)CCC3)c1. The Morgan fingerprint density at radius 2 is 1.75 bits per heavy atom. The maximum atomic E-state index is 12.5. The molecule has 0 spiro atoms. The lowest BCUT2D eigenvalue weighted by Gasteiger charge is -2.16. The summed E-state index contributed by atoms with van der Waals surface area (Å²) in [6.07, 6.45) is 7.50. The predicted octanol–water partition coefficient (Wildman–Crippen LogP) is 2.69. The van der Waals surface area contributed by atoms with Gasteiger partial charge >= 0.3 is 12.0 Å². The second kappa shape index (κ2) is 7.71. The number of carbonyl (C=O) groups is 2. The summed E-state index contributed by atoms with van der Waals surface area (Å²) in [5.74, 6) is -0.555. The number of hydrogen-bond acceptors (Lipinski definition) is 5. The van der Waals surface area contributed by atoms with Crippen molar-refractivity contribution in [3.63, 3.8) is 0 Å². The lowest BCUT2D eigenvalue weighted by Crippen LogP contribution is -2.31. The molecule has 0 fully saturated rings. The molecule has 2 N–H and O–H groups in total. The molecule has 0 saturated heterocycles. The van der Waals surface area contributed by atoms with Crippen LogP contribution in [0.2, 0.25) is 0 Å². The van der Waals surface area contributed by atoms with Crippen LogP contribution in [0.1, 0.15) is 45.5 Å². The third-order valence-corrected chi connectivity index (χ3v) is 6.22. The van der Waals surface area contributed by atoms with E-state index in [1.54, 1.807) is 0 Å². The summed E-state index contributed by atoms with van der Waals surface area (Å²) in [5.41, 5.74) is 6.13. The first-order valence-corrected chi connectivity index (χ1v) is 10.4. The Balaban J connectivity index is 1.52. The third-order valence-electron chi connectivity index (χ3n) is 5.24. The summed E-state index contributed by atoms with van der Waals surface area (Å²) in [6.45, 7) is 0. The van der Waals surface area contributed by atoms with Crippen molar-refractivity contribution in [1.82, 2.24) is 9.71 Å². The molecule has 2 aliphatic rings. The zero-order valence-corrected chi connectivity index (χ0v) is 16.4. The number of benzene rings is 1. The number of urea groups is 1. The van der Waals surface area contributed by atoms with E-state index in [4.69, 9.17) is 0 Å². The molecule has 1 aromatic carbocycles. The maximum absolute atomic E-state index is 12.5. The lowest BCUT2D eigenvalue weighted by molar-refractivity contribution is 0.0600. The van der Waals surface area contributed by atoms with Crippen molar-refractivity contribution in [2.45, 2.75) is 43.6 Å². The van der Waals surface area contributed by atoms with Gasteiger partial charge in [0.05, 0.1) is 12.7 Å². The smallest absolute Gasteiger partial charge is 0.338 e. The fourth-order valence-electron chi connectivity index (χ4n) is 4.00. The van der Waals surface area contributed by atoms with Gasteiger partial charge in [0, 0.05) is 11.9 Å². The van der Waals surface area contributed by atoms with E-state index >= 15 is 0 Å². The fourth-order valence-corrected chi connectivity index (χ4v) is 4.71. The van der Waals surface area contributed by atoms with Gasteiger partial charge in [0.15, 0.2) is 11.0 Å². The number of ether oxygens (including phenoxy) is 1. The molecule has 1 heterocycles. The van der Waals surface area contributed by atoms with E-state index in [0.717, 1.165) is 44.2 Å². The number of nitrogens with zero attached hydrogens (tertiary/aromatic N) is 1. The number of carbonyl (C=O) groups excluding carboxylic acids is 2. The Kier molecular flexibility index (Phi) is 5.13. The fraction of sp³-hybridized carbons (Fsp3) is 0.350. The molecule has 2 amide bonds. The first-order valence-electron chi connectivity index (χ1n) is 9.27. The van der Waals surface area contributed by atoms with Gasteiger partial charge in [-0.1, -0.05) is 6.07 Å². The topological polar surface area (TPSA) is 97.4 Å². The molecule has 1 atom stereocenters. The molecule has 2 aliphatic carbocycles. The van der Waals surface area contributed by atoms with Crippen LogP contribution in [0.5, 0.6) is 0 Å². The van der Waals surface area contributed by atoms with Gasteiger partial charge in [0.2, 0.25) is 0 Å². The number of rotatable bonds is 4. The van der Waals surface area contributed by atoms with Crippen LogP contribution in [0.4, 0.5) is 10.5 Å². The first kappa shape index (κ1) is 18.6. The van der Waals surface area contributed by atoms with E-state index in [1.165, 1.54) is 47.7 Å². The van der Waals surface area contributed by atoms with E-state index in [1.807, 2.05) is 0 Å². The van der Waals surface area contributed by atoms with Gasteiger partial charge in [-0.15, -0.1) is 0 Å². The van der Waals surface area contributed by atoms with E-state index in [0.29, 0.717) is 0 Å². The molecular weight excluding hydrogens is 378 g/mol. The van der Waals surface area contributed by atoms with Crippen molar-refractivity contribution in [3.05, 3.63) is 52.2 Å². The molecule has 4 rings (SSSR count). The summed E-state index contributed by atoms with van der Waals surface area (Å²) >= 11 is 0. The van der Waals surface area contributed by atoms with E-state index in [2.05, 4.69) is 25.8 Å². The second-order valence-electron chi connectivity index (χ2n) is 6.93. The van der Waals surface area contributed by atoms with Crippen molar-refractivity contribution in [1.29, 1.82) is 0 Å². The quantitative estimate of drug-likeness (QED) is 0.771. The minimum atomic E-state index is -1.89. The molecule has 0 aliphatic heterocycles. The number of aryl methyl sites for hydroxylation is 2. The Bertz CT molecular complexity index is 957. The van der Waals surface area contributed by atoms with Crippen LogP contribution >= 0.6 is 0 Å². The van der Waals surface area contributed by atoms with Crippen molar-refractivity contribution in [3.8, 4) is 0 Å². The molecule has 7 nitrogen and oxygen atoms in total. The highest BCUT2D eigenvalue weighted by Gasteiger charge is 2.25. The zero-order chi connectivity index (χ0) is 19.7. The van der Waals surface area contributed by atoms with Gasteiger partial charge in [0.25, 0.3) is 0 Å². The minimum Gasteiger partial charge on any atom is -0.465 e. The lowest BCUT2D eigenvalue weighted by atomic mass is 9.99. The van der Waals surface area contributed by atoms with Crippen LogP contribution in [0.15, 0.2) is 29.4 Å². The largest absolute Gasteiger partial charge is 0.465 e. The Morgan fingerprint density at radius 3 is 2.39 bits per heavy atom. The van der Waals surface area contributed by atoms with Crippen molar-refractivity contribution in [2.75, 3.05) is 12.4 Å². The average Bonchev–Trinajstić information content (AvgIpc) is 3.36. The van der Waals surface area contributed by atoms with Crippen LogP contribution < -0.4 is 10.0 Å². The molecule has 146 valence electrons. The molecular formula is C20H21N3O4S. The Hall–Kier alpha value is -2.74.